The molecule has 1 aromatic rings. The van der Waals surface area contributed by atoms with Crippen molar-refractivity contribution in [2.45, 2.75) is 0 Å². The van der Waals surface area contributed by atoms with E-state index in [0.717, 1.165) is 0 Å². The normalized spacial score (nSPS) is 9.92. The first-order valence-corrected chi connectivity index (χ1v) is 4.51. The van der Waals surface area contributed by atoms with Gasteiger partial charge in [-0.2, -0.15) is 0 Å². The summed E-state index contributed by atoms with van der Waals surface area (Å²) in [5.41, 5.74) is 5.27. The average Bonchev–Trinajstić information content (AvgIpc) is 1.96. The fourth-order valence-corrected chi connectivity index (χ4v) is 1.75. The van der Waals surface area contributed by atoms with Crippen molar-refractivity contribution < 1.29 is 4.79 Å². The van der Waals surface area contributed by atoms with Gasteiger partial charge < -0.3 is 5.73 Å². The van der Waals surface area contributed by atoms with Crippen molar-refractivity contribution in [3.05, 3.63) is 32.2 Å². The van der Waals surface area contributed by atoms with E-state index in [2.05, 4.69) is 15.9 Å². The molecule has 0 aliphatic carbocycles. The predicted octanol–water partition coefficient (Wildman–Crippen LogP) is 2.85. The van der Waals surface area contributed by atoms with Gasteiger partial charge in [0.1, 0.15) is 0 Å². The molecule has 0 radical (unpaired) electrons. The van der Waals surface area contributed by atoms with Crippen LogP contribution in [0.5, 0.6) is 0 Å². The first-order chi connectivity index (χ1) is 5.52. The first-order valence-electron chi connectivity index (χ1n) is 2.96. The molecule has 0 aromatic heterocycles. The molecule has 2 N–H and O–H groups in total. The van der Waals surface area contributed by atoms with Gasteiger partial charge in [0, 0.05) is 9.50 Å². The summed E-state index contributed by atoms with van der Waals surface area (Å²) in [7, 11) is 0. The monoisotopic (exact) mass is 267 g/mol. The van der Waals surface area contributed by atoms with Crippen molar-refractivity contribution >= 4 is 45.0 Å². The number of nitrogens with two attached hydrogens (primary N) is 1. The Balaban J connectivity index is 3.37. The van der Waals surface area contributed by atoms with Crippen LogP contribution in [0.1, 0.15) is 10.4 Å². The van der Waals surface area contributed by atoms with Crippen LogP contribution in [0.2, 0.25) is 10.0 Å². The Labute approximate surface area is 87.8 Å². The van der Waals surface area contributed by atoms with Gasteiger partial charge in [-0.1, -0.05) is 23.2 Å². The fourth-order valence-electron chi connectivity index (χ4n) is 0.735. The lowest BCUT2D eigenvalue weighted by molar-refractivity contribution is 0.100. The Hall–Kier alpha value is -0.250. The second-order valence-electron chi connectivity index (χ2n) is 2.11. The maximum absolute atomic E-state index is 10.8. The number of carbonyl (C=O) groups is 1. The van der Waals surface area contributed by atoms with Crippen molar-refractivity contribution in [2.75, 3.05) is 0 Å². The number of benzene rings is 1. The van der Waals surface area contributed by atoms with Gasteiger partial charge >= 0.3 is 0 Å². The topological polar surface area (TPSA) is 43.1 Å². The van der Waals surface area contributed by atoms with Crippen LogP contribution in [0.25, 0.3) is 0 Å². The zero-order valence-corrected chi connectivity index (χ0v) is 8.87. The van der Waals surface area contributed by atoms with Gasteiger partial charge in [0.25, 0.3) is 0 Å². The minimum Gasteiger partial charge on any atom is -0.366 e. The molecule has 64 valence electrons. The lowest BCUT2D eigenvalue weighted by Gasteiger charge is -2.02. The van der Waals surface area contributed by atoms with E-state index in [9.17, 15) is 4.79 Å². The largest absolute Gasteiger partial charge is 0.366 e. The molecule has 0 unspecified atom stereocenters. The Morgan fingerprint density at radius 3 is 2.50 bits per heavy atom. The zero-order chi connectivity index (χ0) is 9.30. The second kappa shape index (κ2) is 3.64. The third-order valence-electron chi connectivity index (χ3n) is 1.26. The number of primary amides is 1. The van der Waals surface area contributed by atoms with Gasteiger partial charge in [0.05, 0.1) is 10.6 Å². The highest BCUT2D eigenvalue weighted by atomic mass is 79.9. The van der Waals surface area contributed by atoms with E-state index in [4.69, 9.17) is 28.9 Å². The summed E-state index contributed by atoms with van der Waals surface area (Å²) in [4.78, 5) is 10.8. The quantitative estimate of drug-likeness (QED) is 0.782. The number of halogens is 3. The predicted molar refractivity (Wildman–Crippen MR) is 52.7 cm³/mol. The van der Waals surface area contributed by atoms with Crippen LogP contribution in [0.15, 0.2) is 16.6 Å². The summed E-state index contributed by atoms with van der Waals surface area (Å²) in [6.45, 7) is 0. The summed E-state index contributed by atoms with van der Waals surface area (Å²) in [5, 5.41) is 0.701. The molecule has 0 bridgehead atoms. The van der Waals surface area contributed by atoms with Gasteiger partial charge in [-0.05, 0) is 28.1 Å². The third kappa shape index (κ3) is 1.91. The average molecular weight is 269 g/mol. The summed E-state index contributed by atoms with van der Waals surface area (Å²) in [5.74, 6) is -0.594. The number of amides is 1. The molecule has 1 rings (SSSR count). The highest BCUT2D eigenvalue weighted by Crippen LogP contribution is 2.29. The van der Waals surface area contributed by atoms with Crippen LogP contribution in [0.4, 0.5) is 0 Å². The standard InChI is InChI=1S/C7H4BrCl2NO/c8-5-2-3(9)1-4(6(5)10)7(11)12/h1-2H,(H2,11,12). The molecule has 0 saturated carbocycles. The van der Waals surface area contributed by atoms with E-state index in [1.807, 2.05) is 0 Å². The molecule has 0 saturated heterocycles. The lowest BCUT2D eigenvalue weighted by atomic mass is 10.2. The van der Waals surface area contributed by atoms with Gasteiger partial charge in [0.2, 0.25) is 5.91 Å². The maximum atomic E-state index is 10.8. The highest BCUT2D eigenvalue weighted by Gasteiger charge is 2.10. The number of carbonyl (C=O) groups excluding carboxylic acids is 1. The van der Waals surface area contributed by atoms with Crippen molar-refractivity contribution in [1.82, 2.24) is 0 Å². The fraction of sp³-hybridized carbons (Fsp3) is 0. The van der Waals surface area contributed by atoms with E-state index in [0.29, 0.717) is 9.50 Å². The number of hydrogen-bond acceptors (Lipinski definition) is 1. The summed E-state index contributed by atoms with van der Waals surface area (Å²) >= 11 is 14.6. The molecule has 1 aromatic carbocycles. The van der Waals surface area contributed by atoms with E-state index < -0.39 is 5.91 Å². The summed E-state index contributed by atoms with van der Waals surface area (Å²) < 4.78 is 0.561. The van der Waals surface area contributed by atoms with E-state index in [1.54, 1.807) is 6.07 Å². The Kier molecular flexibility index (Phi) is 2.99. The minimum atomic E-state index is -0.594. The molecule has 2 nitrogen and oxygen atoms in total. The van der Waals surface area contributed by atoms with Crippen LogP contribution in [-0.4, -0.2) is 5.91 Å². The van der Waals surface area contributed by atoms with Gasteiger partial charge in [0.15, 0.2) is 0 Å². The molecule has 1 amide bonds. The van der Waals surface area contributed by atoms with E-state index >= 15 is 0 Å². The Morgan fingerprint density at radius 1 is 1.42 bits per heavy atom. The molecule has 12 heavy (non-hydrogen) atoms. The van der Waals surface area contributed by atoms with Crippen LogP contribution in [0.3, 0.4) is 0 Å². The minimum absolute atomic E-state index is 0.219. The molecule has 0 aliphatic heterocycles. The van der Waals surface area contributed by atoms with Gasteiger partial charge in [-0.15, -0.1) is 0 Å². The molecule has 0 atom stereocenters. The van der Waals surface area contributed by atoms with Crippen LogP contribution in [0, 0.1) is 0 Å². The zero-order valence-electron chi connectivity index (χ0n) is 5.77. The molecule has 0 spiro atoms. The molecular formula is C7H4BrCl2NO. The third-order valence-corrected chi connectivity index (χ3v) is 2.74. The first kappa shape index (κ1) is 9.84. The van der Waals surface area contributed by atoms with E-state index in [-0.39, 0.29) is 10.6 Å². The van der Waals surface area contributed by atoms with Crippen molar-refractivity contribution in [1.29, 1.82) is 0 Å². The van der Waals surface area contributed by atoms with E-state index in [1.165, 1.54) is 6.07 Å². The smallest absolute Gasteiger partial charge is 0.250 e. The molecule has 5 heteroatoms. The lowest BCUT2D eigenvalue weighted by Crippen LogP contribution is -2.11. The van der Waals surface area contributed by atoms with Gasteiger partial charge in [-0.25, -0.2) is 0 Å². The SMILES string of the molecule is NC(=O)c1cc(Cl)cc(Br)c1Cl. The van der Waals surface area contributed by atoms with Crippen LogP contribution < -0.4 is 5.73 Å². The molecule has 0 aliphatic rings. The van der Waals surface area contributed by atoms with Crippen molar-refractivity contribution in [3.63, 3.8) is 0 Å². The summed E-state index contributed by atoms with van der Waals surface area (Å²) in [6, 6.07) is 3.02. The van der Waals surface area contributed by atoms with Gasteiger partial charge in [-0.3, -0.25) is 4.79 Å². The molecule has 0 fully saturated rings. The summed E-state index contributed by atoms with van der Waals surface area (Å²) in [6.07, 6.45) is 0. The second-order valence-corrected chi connectivity index (χ2v) is 3.78. The number of rotatable bonds is 1. The Bertz CT molecular complexity index is 340. The van der Waals surface area contributed by atoms with Crippen molar-refractivity contribution in [2.24, 2.45) is 5.73 Å². The van der Waals surface area contributed by atoms with Crippen molar-refractivity contribution in [3.8, 4) is 0 Å². The molecule has 0 heterocycles. The number of hydrogen-bond donors (Lipinski definition) is 1. The van der Waals surface area contributed by atoms with Crippen LogP contribution in [-0.2, 0) is 0 Å². The Morgan fingerprint density at radius 2 is 2.00 bits per heavy atom. The molecular weight excluding hydrogens is 265 g/mol. The highest BCUT2D eigenvalue weighted by molar-refractivity contribution is 9.10. The van der Waals surface area contributed by atoms with Crippen LogP contribution >= 0.6 is 39.1 Å². The maximum Gasteiger partial charge on any atom is 0.250 e.